The molecule has 15 heavy (non-hydrogen) atoms. The molecule has 2 aliphatic carbocycles. The molecular formula is C12H15NO2. The quantitative estimate of drug-likeness (QED) is 0.654. The van der Waals surface area contributed by atoms with Gasteiger partial charge in [-0.1, -0.05) is 24.4 Å². The summed E-state index contributed by atoms with van der Waals surface area (Å²) in [5.41, 5.74) is 0.918. The lowest BCUT2D eigenvalue weighted by Crippen LogP contribution is -2.37. The van der Waals surface area contributed by atoms with E-state index in [0.29, 0.717) is 5.76 Å². The molecule has 1 aromatic rings. The van der Waals surface area contributed by atoms with Crippen LogP contribution in [0, 0.1) is 5.41 Å². The molecule has 0 radical (unpaired) electrons. The summed E-state index contributed by atoms with van der Waals surface area (Å²) in [6, 6.07) is 0. The van der Waals surface area contributed by atoms with Crippen LogP contribution in [0.2, 0.25) is 0 Å². The van der Waals surface area contributed by atoms with Crippen molar-refractivity contribution >= 4 is 5.78 Å². The number of fused-ring (bicyclic) bond motifs is 1. The van der Waals surface area contributed by atoms with Gasteiger partial charge in [0.25, 0.3) is 0 Å². The van der Waals surface area contributed by atoms with E-state index in [4.69, 9.17) is 4.52 Å². The van der Waals surface area contributed by atoms with Gasteiger partial charge in [-0.3, -0.25) is 4.79 Å². The molecule has 0 aliphatic heterocycles. The predicted octanol–water partition coefficient (Wildman–Crippen LogP) is 2.75. The van der Waals surface area contributed by atoms with Gasteiger partial charge in [-0.15, -0.1) is 0 Å². The number of ketones is 1. The molecule has 3 rings (SSSR count). The Labute approximate surface area is 88.8 Å². The summed E-state index contributed by atoms with van der Waals surface area (Å²) in [6.07, 6.45) is 9.41. The SMILES string of the molecule is O=C1c2oncc2CCC12CCCCC2. The highest BCUT2D eigenvalue weighted by molar-refractivity contribution is 6.00. The molecule has 0 atom stereocenters. The van der Waals surface area contributed by atoms with Crippen LogP contribution in [-0.4, -0.2) is 10.9 Å². The van der Waals surface area contributed by atoms with Crippen LogP contribution in [0.15, 0.2) is 10.7 Å². The third kappa shape index (κ3) is 1.25. The lowest BCUT2D eigenvalue weighted by Gasteiger charge is -2.37. The minimum absolute atomic E-state index is 0.0925. The largest absolute Gasteiger partial charge is 0.353 e. The number of nitrogens with zero attached hydrogens (tertiary/aromatic N) is 1. The average Bonchev–Trinajstić information content (AvgIpc) is 2.74. The van der Waals surface area contributed by atoms with Crippen LogP contribution < -0.4 is 0 Å². The first-order valence-corrected chi connectivity index (χ1v) is 5.80. The molecule has 0 saturated heterocycles. The van der Waals surface area contributed by atoms with Gasteiger partial charge < -0.3 is 4.52 Å². The molecule has 0 amide bonds. The normalized spacial score (nSPS) is 24.1. The summed E-state index contributed by atoms with van der Waals surface area (Å²) in [6.45, 7) is 0. The number of hydrogen-bond acceptors (Lipinski definition) is 3. The summed E-state index contributed by atoms with van der Waals surface area (Å²) in [4.78, 5) is 12.3. The van der Waals surface area contributed by atoms with Crippen molar-refractivity contribution in [1.29, 1.82) is 0 Å². The molecule has 1 spiro atoms. The van der Waals surface area contributed by atoms with Crippen molar-refractivity contribution in [3.05, 3.63) is 17.5 Å². The Balaban J connectivity index is 1.98. The maximum Gasteiger partial charge on any atom is 0.207 e. The van der Waals surface area contributed by atoms with Gasteiger partial charge in [0.15, 0.2) is 0 Å². The zero-order chi connectivity index (χ0) is 10.3. The van der Waals surface area contributed by atoms with Gasteiger partial charge in [0.05, 0.1) is 6.20 Å². The minimum atomic E-state index is -0.0925. The zero-order valence-electron chi connectivity index (χ0n) is 8.79. The van der Waals surface area contributed by atoms with Crippen molar-refractivity contribution in [2.45, 2.75) is 44.9 Å². The van der Waals surface area contributed by atoms with Gasteiger partial charge >= 0.3 is 0 Å². The van der Waals surface area contributed by atoms with E-state index in [0.717, 1.165) is 31.2 Å². The Bertz CT molecular complexity index is 388. The van der Waals surface area contributed by atoms with E-state index in [-0.39, 0.29) is 11.2 Å². The average molecular weight is 205 g/mol. The smallest absolute Gasteiger partial charge is 0.207 e. The Morgan fingerprint density at radius 2 is 2.00 bits per heavy atom. The van der Waals surface area contributed by atoms with E-state index in [1.807, 2.05) is 0 Å². The molecule has 1 fully saturated rings. The highest BCUT2D eigenvalue weighted by Gasteiger charge is 2.45. The molecule has 0 aromatic carbocycles. The fraction of sp³-hybridized carbons (Fsp3) is 0.667. The molecule has 1 heterocycles. The van der Waals surface area contributed by atoms with E-state index in [2.05, 4.69) is 5.16 Å². The fourth-order valence-corrected chi connectivity index (χ4v) is 3.06. The van der Waals surface area contributed by atoms with Crippen LogP contribution >= 0.6 is 0 Å². The van der Waals surface area contributed by atoms with Crippen molar-refractivity contribution in [3.63, 3.8) is 0 Å². The second kappa shape index (κ2) is 3.19. The number of aryl methyl sites for hydroxylation is 1. The van der Waals surface area contributed by atoms with Crippen LogP contribution in [-0.2, 0) is 6.42 Å². The zero-order valence-corrected chi connectivity index (χ0v) is 8.79. The predicted molar refractivity (Wildman–Crippen MR) is 54.7 cm³/mol. The van der Waals surface area contributed by atoms with E-state index in [1.165, 1.54) is 19.3 Å². The van der Waals surface area contributed by atoms with Gasteiger partial charge in [-0.2, -0.15) is 0 Å². The summed E-state index contributed by atoms with van der Waals surface area (Å²) in [7, 11) is 0. The van der Waals surface area contributed by atoms with Crippen molar-refractivity contribution in [2.24, 2.45) is 5.41 Å². The lowest BCUT2D eigenvalue weighted by atomic mass is 9.65. The van der Waals surface area contributed by atoms with Crippen molar-refractivity contribution in [1.82, 2.24) is 5.16 Å². The minimum Gasteiger partial charge on any atom is -0.353 e. The number of rotatable bonds is 0. The summed E-state index contributed by atoms with van der Waals surface area (Å²) in [5, 5.41) is 3.74. The number of Topliss-reactive ketones (excluding diaryl/α,β-unsaturated/α-hetero) is 1. The lowest BCUT2D eigenvalue weighted by molar-refractivity contribution is 0.0624. The third-order valence-corrected chi connectivity index (χ3v) is 4.02. The highest BCUT2D eigenvalue weighted by atomic mass is 16.5. The van der Waals surface area contributed by atoms with Crippen LogP contribution in [0.3, 0.4) is 0 Å². The molecule has 0 bridgehead atoms. The summed E-state index contributed by atoms with van der Waals surface area (Å²) < 4.78 is 5.10. The fourth-order valence-electron chi connectivity index (χ4n) is 3.06. The molecule has 80 valence electrons. The van der Waals surface area contributed by atoms with Gasteiger partial charge in [-0.25, -0.2) is 0 Å². The van der Waals surface area contributed by atoms with E-state index >= 15 is 0 Å². The van der Waals surface area contributed by atoms with Crippen molar-refractivity contribution in [2.75, 3.05) is 0 Å². The van der Waals surface area contributed by atoms with E-state index < -0.39 is 0 Å². The second-order valence-corrected chi connectivity index (χ2v) is 4.85. The molecule has 2 aliphatic rings. The molecule has 1 saturated carbocycles. The van der Waals surface area contributed by atoms with Crippen LogP contribution in [0.4, 0.5) is 0 Å². The summed E-state index contributed by atoms with van der Waals surface area (Å²) >= 11 is 0. The summed E-state index contributed by atoms with van der Waals surface area (Å²) in [5.74, 6) is 0.768. The van der Waals surface area contributed by atoms with Gasteiger partial charge in [0, 0.05) is 11.0 Å². The highest BCUT2D eigenvalue weighted by Crippen LogP contribution is 2.45. The van der Waals surface area contributed by atoms with Crippen molar-refractivity contribution in [3.8, 4) is 0 Å². The Hall–Kier alpha value is -1.12. The standard InChI is InChI=1S/C12H15NO2/c14-11-10-9(8-13-15-10)4-7-12(11)5-2-1-3-6-12/h8H,1-7H2. The first-order valence-electron chi connectivity index (χ1n) is 5.80. The van der Waals surface area contributed by atoms with Crippen LogP contribution in [0.1, 0.15) is 54.6 Å². The first kappa shape index (κ1) is 9.13. The van der Waals surface area contributed by atoms with Crippen molar-refractivity contribution < 1.29 is 9.32 Å². The Morgan fingerprint density at radius 3 is 2.80 bits per heavy atom. The third-order valence-electron chi connectivity index (χ3n) is 4.02. The topological polar surface area (TPSA) is 43.1 Å². The molecule has 3 nitrogen and oxygen atoms in total. The number of carbonyl (C=O) groups excluding carboxylic acids is 1. The maximum absolute atomic E-state index is 12.3. The molecule has 1 aromatic heterocycles. The number of aromatic nitrogens is 1. The van der Waals surface area contributed by atoms with Gasteiger partial charge in [0.2, 0.25) is 11.5 Å². The van der Waals surface area contributed by atoms with Crippen LogP contribution in [0.25, 0.3) is 0 Å². The van der Waals surface area contributed by atoms with E-state index in [9.17, 15) is 4.79 Å². The molecule has 3 heteroatoms. The van der Waals surface area contributed by atoms with Gasteiger partial charge in [0.1, 0.15) is 0 Å². The number of hydrogen-bond donors (Lipinski definition) is 0. The monoisotopic (exact) mass is 205 g/mol. The maximum atomic E-state index is 12.3. The molecule has 0 unspecified atom stereocenters. The number of carbonyl (C=O) groups is 1. The Morgan fingerprint density at radius 1 is 1.20 bits per heavy atom. The second-order valence-electron chi connectivity index (χ2n) is 4.85. The van der Waals surface area contributed by atoms with E-state index in [1.54, 1.807) is 6.20 Å². The molecule has 0 N–H and O–H groups in total. The molecular weight excluding hydrogens is 190 g/mol. The van der Waals surface area contributed by atoms with Crippen LogP contribution in [0.5, 0.6) is 0 Å². The Kier molecular flexibility index (Phi) is 1.94. The van der Waals surface area contributed by atoms with Gasteiger partial charge in [-0.05, 0) is 25.7 Å². The first-order chi connectivity index (χ1) is 7.32.